The molecule has 582 valence electrons. The van der Waals surface area contributed by atoms with Gasteiger partial charge in [-0.1, -0.05) is 85.4 Å². The van der Waals surface area contributed by atoms with Gasteiger partial charge in [-0.2, -0.15) is 16.8 Å². The Bertz CT molecular complexity index is 4610. The van der Waals surface area contributed by atoms with Crippen molar-refractivity contribution in [1.82, 2.24) is 49.6 Å². The molecule has 13 heterocycles. The second kappa shape index (κ2) is 31.8. The van der Waals surface area contributed by atoms with Crippen molar-refractivity contribution in [2.24, 2.45) is 11.8 Å². The molecule has 0 spiro atoms. The van der Waals surface area contributed by atoms with E-state index in [9.17, 15) is 31.2 Å². The number of aromatic nitrogens is 6. The fourth-order valence-electron chi connectivity index (χ4n) is 14.6. The molecule has 4 atom stereocenters. The minimum absolute atomic E-state index is 0. The van der Waals surface area contributed by atoms with Gasteiger partial charge in [-0.05, 0) is 246 Å². The highest BCUT2D eigenvalue weighted by Crippen LogP contribution is 2.45. The predicted octanol–water partition coefficient (Wildman–Crippen LogP) is 14.6. The van der Waals surface area contributed by atoms with Crippen LogP contribution >= 0.6 is 15.9 Å². The highest BCUT2D eigenvalue weighted by atomic mass is 79.9. The molecule has 28 heteroatoms. The van der Waals surface area contributed by atoms with Gasteiger partial charge in [-0.15, -0.1) is 0 Å². The Morgan fingerprint density at radius 3 is 1.49 bits per heavy atom. The van der Waals surface area contributed by atoms with Crippen molar-refractivity contribution in [3.8, 4) is 0 Å². The Morgan fingerprint density at radius 1 is 0.583 bits per heavy atom. The number of hydrogen-bond donors (Lipinski definition) is 5. The van der Waals surface area contributed by atoms with E-state index in [1.807, 2.05) is 90.9 Å². The number of anilines is 4. The predicted molar refractivity (Wildman–Crippen MR) is 429 cm³/mol. The molecule has 5 N–H and O–H groups in total. The van der Waals surface area contributed by atoms with Crippen molar-refractivity contribution in [3.05, 3.63) is 159 Å². The quantitative estimate of drug-likeness (QED) is 0.0809. The van der Waals surface area contributed by atoms with Crippen molar-refractivity contribution in [3.63, 3.8) is 0 Å². The normalized spacial score (nSPS) is 22.8. The summed E-state index contributed by atoms with van der Waals surface area (Å²) in [4.78, 5) is 73.9. The highest BCUT2D eigenvalue weighted by Gasteiger charge is 2.53. The number of fused-ring (bicyclic) bond motifs is 12. The number of ether oxygens (including phenoxy) is 1. The van der Waals surface area contributed by atoms with Crippen LogP contribution in [-0.2, 0) is 44.9 Å². The van der Waals surface area contributed by atoms with Crippen molar-refractivity contribution in [2.75, 3.05) is 59.7 Å². The molecule has 3 fully saturated rings. The number of carbonyl (C=O) groups is 3. The first-order valence-electron chi connectivity index (χ1n) is 37.2. The number of carbonyl (C=O) groups excluding carboxylic acids is 3. The van der Waals surface area contributed by atoms with Gasteiger partial charge >= 0.3 is 13.2 Å². The van der Waals surface area contributed by atoms with Crippen LogP contribution in [0.3, 0.4) is 0 Å². The van der Waals surface area contributed by atoms with Gasteiger partial charge in [-0.25, -0.2) is 39.2 Å². The van der Waals surface area contributed by atoms with E-state index in [4.69, 9.17) is 29.0 Å². The smallest absolute Gasteiger partial charge is 0.444 e. The summed E-state index contributed by atoms with van der Waals surface area (Å²) in [5.41, 5.74) is 4.91. The number of rotatable bonds is 4. The van der Waals surface area contributed by atoms with Crippen LogP contribution in [0.15, 0.2) is 129 Å². The van der Waals surface area contributed by atoms with Crippen LogP contribution in [0.4, 0.5) is 28.1 Å². The summed E-state index contributed by atoms with van der Waals surface area (Å²) < 4.78 is 76.5. The third kappa shape index (κ3) is 19.5. The average Bonchev–Trinajstić information content (AvgIpc) is 1.60. The molecular formula is C80H110BBrN14O10S2. The Balaban J connectivity index is 0.000000182. The Kier molecular flexibility index (Phi) is 24.4. The van der Waals surface area contributed by atoms with E-state index in [0.717, 1.165) is 103 Å². The second-order valence-electron chi connectivity index (χ2n) is 34.3. The molecule has 0 saturated carbocycles. The summed E-state index contributed by atoms with van der Waals surface area (Å²) in [7, 11) is -8.86. The topological polar surface area (TPSA) is 294 Å². The molecule has 6 aromatic heterocycles. The fraction of sp³-hybridized carbons (Fsp3) is 0.537. The molecular weight excluding hydrogens is 1470 g/mol. The molecule has 6 aromatic rings. The zero-order chi connectivity index (χ0) is 77.6. The van der Waals surface area contributed by atoms with E-state index in [2.05, 4.69) is 147 Å². The first kappa shape index (κ1) is 82.6. The van der Waals surface area contributed by atoms with Crippen molar-refractivity contribution in [2.45, 2.75) is 237 Å². The van der Waals surface area contributed by atoms with Crippen LogP contribution in [0, 0.1) is 11.8 Å². The standard InChI is InChI=1S/C34H43N7O3S.C29H35BrN6O3S.C16H28BNO4.CH4/c1-33(2,3)28-15-13-24-31(38-28)41-21-22(20-34(41,4)5)12-14-27(26-9-6-8-25(36-26)23-16-18-35-19-17-23)37-29-10-7-11-30(39-29)45(43,44)40-32(24)42;1-28(2,3)22-15-13-19-26(33-22)36-17-18(16-29(36,4)5)12-14-21(20-8-6-9-23(30)31-20)32-24-10-7-11-25(34-24)40(38,39)35-27(19)37;1-14(2,3)20-13(19)18-10-8-12(9-11-18)17-21-15(4,5)16(6,7)22-17;/h6-11,13,15-16,22,27,35H,12,14,17-21H2,1-5H3,(H,37,39)(H,40,42);6-11,13,15,18,21H,12,14,16-17H2,1-5H3,(H,32,34)(H,35,37);8H,9-11H2,1-7H3;1H4/t22-,27+;18-,21+;;/m00../s1. The molecule has 7 aliphatic rings. The summed E-state index contributed by atoms with van der Waals surface area (Å²) >= 11 is 3.47. The van der Waals surface area contributed by atoms with Crippen molar-refractivity contribution in [1.29, 1.82) is 0 Å². The molecule has 13 rings (SSSR count). The van der Waals surface area contributed by atoms with Gasteiger partial charge in [0.05, 0.1) is 51.5 Å². The van der Waals surface area contributed by atoms with Crippen LogP contribution in [-0.4, -0.2) is 144 Å². The Hall–Kier alpha value is -7.89. The summed E-state index contributed by atoms with van der Waals surface area (Å²) in [6.45, 7) is 39.2. The number of nitrogens with one attached hydrogen (secondary N) is 5. The molecule has 8 bridgehead atoms. The first-order chi connectivity index (χ1) is 49.9. The lowest BCUT2D eigenvalue weighted by Gasteiger charge is -2.34. The molecule has 0 radical (unpaired) electrons. The van der Waals surface area contributed by atoms with Crippen LogP contribution in [0.5, 0.6) is 0 Å². The van der Waals surface area contributed by atoms with Crippen molar-refractivity contribution < 1.29 is 45.3 Å². The third-order valence-corrected chi connectivity index (χ3v) is 24.0. The SMILES string of the molecule is C.CC(C)(C)OC(=O)N1CC=C(B2OC(C)(C)C(C)(C)O2)CC1.CC(C)(C)c1ccc2c(n1)N1C[C@@H](CC[C@H](c3cccc(Br)n3)Nc3cccc(n3)S(=O)(=O)NC2=O)CC1(C)C.CC(C)(C)c1ccc2c(n1)N1C[C@@H](CC[C@H](c3cccc(C4=CCNCC4)n3)Nc3cccc(n3)S(=O)(=O)NC2=O)CC1(C)C. The van der Waals surface area contributed by atoms with E-state index >= 15 is 0 Å². The zero-order valence-electron chi connectivity index (χ0n) is 65.0. The molecule has 7 aliphatic heterocycles. The van der Waals surface area contributed by atoms with Gasteiger partial charge in [0.1, 0.15) is 33.5 Å². The maximum atomic E-state index is 13.7. The molecule has 108 heavy (non-hydrogen) atoms. The molecule has 0 aromatic carbocycles. The van der Waals surface area contributed by atoms with Crippen LogP contribution in [0.25, 0.3) is 5.57 Å². The van der Waals surface area contributed by atoms with E-state index < -0.39 is 37.5 Å². The van der Waals surface area contributed by atoms with Gasteiger partial charge in [0.15, 0.2) is 10.1 Å². The maximum Gasteiger partial charge on any atom is 0.490 e. The average molecular weight is 1580 g/mol. The van der Waals surface area contributed by atoms with E-state index in [0.29, 0.717) is 61.3 Å². The first-order valence-corrected chi connectivity index (χ1v) is 40.9. The molecule has 3 amide bonds. The largest absolute Gasteiger partial charge is 0.490 e. The summed E-state index contributed by atoms with van der Waals surface area (Å²) in [5.74, 6) is 1.02. The van der Waals surface area contributed by atoms with Crippen molar-refractivity contribution >= 4 is 89.8 Å². The van der Waals surface area contributed by atoms with Crippen LogP contribution in [0.2, 0.25) is 0 Å². The monoisotopic (exact) mass is 1580 g/mol. The summed E-state index contributed by atoms with van der Waals surface area (Å²) in [6, 6.07) is 28.0. The zero-order valence-corrected chi connectivity index (χ0v) is 68.2. The fourth-order valence-corrected chi connectivity index (χ4v) is 16.8. The summed E-state index contributed by atoms with van der Waals surface area (Å²) in [6.07, 6.45) is 10.7. The van der Waals surface area contributed by atoms with Gasteiger partial charge in [0.25, 0.3) is 31.9 Å². The van der Waals surface area contributed by atoms with Gasteiger partial charge in [0, 0.05) is 66.0 Å². The van der Waals surface area contributed by atoms with Crippen LogP contribution < -0.4 is 35.2 Å². The number of nitrogens with zero attached hydrogens (tertiary/aromatic N) is 9. The molecule has 24 nitrogen and oxygen atoms in total. The maximum absolute atomic E-state index is 13.7. The lowest BCUT2D eigenvalue weighted by Crippen LogP contribution is -2.41. The lowest BCUT2D eigenvalue weighted by atomic mass is 9.75. The Labute approximate surface area is 648 Å². The van der Waals surface area contributed by atoms with Gasteiger partial charge in [0.2, 0.25) is 0 Å². The van der Waals surface area contributed by atoms with Gasteiger partial charge < -0.3 is 44.7 Å². The number of hydrogen-bond acceptors (Lipinski definition) is 21. The number of sulfonamides is 2. The minimum Gasteiger partial charge on any atom is -0.444 e. The third-order valence-electron chi connectivity index (χ3n) is 21.1. The number of pyridine rings is 6. The highest BCUT2D eigenvalue weighted by molar-refractivity contribution is 9.10. The summed E-state index contributed by atoms with van der Waals surface area (Å²) in [5, 5.41) is 9.77. The van der Waals surface area contributed by atoms with Gasteiger partial charge in [-0.3, -0.25) is 14.6 Å². The number of halogens is 1. The Morgan fingerprint density at radius 2 is 1.06 bits per heavy atom. The second-order valence-corrected chi connectivity index (χ2v) is 38.4. The van der Waals surface area contributed by atoms with E-state index in [-0.39, 0.29) is 87.0 Å². The van der Waals surface area contributed by atoms with Crippen LogP contribution in [0.1, 0.15) is 238 Å². The number of amides is 3. The lowest BCUT2D eigenvalue weighted by molar-refractivity contribution is 0.00578. The minimum atomic E-state index is -4.28. The van der Waals surface area contributed by atoms with E-state index in [1.54, 1.807) is 47.4 Å². The van der Waals surface area contributed by atoms with E-state index in [1.165, 1.54) is 17.7 Å². The molecule has 3 saturated heterocycles. The molecule has 0 unspecified atom stereocenters. The molecule has 0 aliphatic carbocycles.